The Bertz CT molecular complexity index is 775. The molecule has 2 heterocycles. The quantitative estimate of drug-likeness (QED) is 0.823. The molecule has 4 atom stereocenters. The molecule has 8 nitrogen and oxygen atoms in total. The smallest absolute Gasteiger partial charge is 0.251 e. The highest BCUT2D eigenvalue weighted by atomic mass is 16.5. The van der Waals surface area contributed by atoms with Crippen molar-refractivity contribution in [3.8, 4) is 0 Å². The summed E-state index contributed by atoms with van der Waals surface area (Å²) in [6.45, 7) is 3.82. The molecule has 0 unspecified atom stereocenters. The second kappa shape index (κ2) is 7.13. The van der Waals surface area contributed by atoms with Crippen LogP contribution in [-0.2, 0) is 16.0 Å². The first-order valence-electron chi connectivity index (χ1n) is 8.90. The van der Waals surface area contributed by atoms with Gasteiger partial charge in [0, 0.05) is 37.2 Å². The van der Waals surface area contributed by atoms with E-state index < -0.39 is 0 Å². The van der Waals surface area contributed by atoms with Crippen LogP contribution in [0.5, 0.6) is 0 Å². The van der Waals surface area contributed by atoms with Gasteiger partial charge in [0.15, 0.2) is 0 Å². The van der Waals surface area contributed by atoms with Gasteiger partial charge >= 0.3 is 0 Å². The van der Waals surface area contributed by atoms with E-state index in [0.29, 0.717) is 24.6 Å². The van der Waals surface area contributed by atoms with Crippen molar-refractivity contribution in [1.29, 1.82) is 0 Å². The van der Waals surface area contributed by atoms with Gasteiger partial charge in [-0.25, -0.2) is 4.68 Å². The van der Waals surface area contributed by atoms with Gasteiger partial charge in [-0.1, -0.05) is 12.1 Å². The van der Waals surface area contributed by atoms with Gasteiger partial charge in [-0.3, -0.25) is 4.79 Å². The summed E-state index contributed by atoms with van der Waals surface area (Å²) >= 11 is 0. The van der Waals surface area contributed by atoms with Crippen molar-refractivity contribution in [1.82, 2.24) is 25.5 Å². The summed E-state index contributed by atoms with van der Waals surface area (Å²) in [7, 11) is 1.69. The highest BCUT2D eigenvalue weighted by Crippen LogP contribution is 2.43. The number of carbonyl (C=O) groups excluding carboxylic acids is 1. The molecule has 2 aliphatic rings. The molecule has 26 heavy (non-hydrogen) atoms. The molecule has 1 aliphatic carbocycles. The lowest BCUT2D eigenvalue weighted by Gasteiger charge is -2.47. The number of amides is 1. The summed E-state index contributed by atoms with van der Waals surface area (Å²) in [5.41, 5.74) is 1.70. The van der Waals surface area contributed by atoms with E-state index in [1.807, 2.05) is 31.2 Å². The SMILES string of the molecule is COC[C@H]1[C@@H](NC(=O)c2ccc(Cn3nnnc3C)cc2)[C@H]2CCO[C@H]21. The van der Waals surface area contributed by atoms with Crippen LogP contribution in [0.15, 0.2) is 24.3 Å². The summed E-state index contributed by atoms with van der Waals surface area (Å²) in [5, 5.41) is 14.6. The van der Waals surface area contributed by atoms with Gasteiger partial charge in [0.25, 0.3) is 5.91 Å². The fourth-order valence-corrected chi connectivity index (χ4v) is 4.00. The van der Waals surface area contributed by atoms with E-state index in [0.717, 1.165) is 24.4 Å². The third-order valence-corrected chi connectivity index (χ3v) is 5.44. The van der Waals surface area contributed by atoms with Crippen LogP contribution >= 0.6 is 0 Å². The van der Waals surface area contributed by atoms with Crippen molar-refractivity contribution in [2.24, 2.45) is 11.8 Å². The summed E-state index contributed by atoms with van der Waals surface area (Å²) in [4.78, 5) is 12.6. The molecule has 8 heteroatoms. The Balaban J connectivity index is 1.39. The van der Waals surface area contributed by atoms with Crippen LogP contribution in [0.1, 0.15) is 28.2 Å². The zero-order chi connectivity index (χ0) is 18.1. The predicted octanol–water partition coefficient (Wildman–Crippen LogP) is 0.810. The van der Waals surface area contributed by atoms with E-state index in [2.05, 4.69) is 20.8 Å². The number of fused-ring (bicyclic) bond motifs is 1. The standard InChI is InChI=1S/C18H23N5O3/c1-11-20-21-22-23(11)9-12-3-5-13(6-4-12)18(24)19-16-14-7-8-26-17(14)15(16)10-25-2/h3-6,14-17H,7-10H2,1-2H3,(H,19,24)/t14-,15+,16+,17-/m1/s1. The average Bonchev–Trinajstić information content (AvgIpc) is 3.25. The molecule has 1 saturated heterocycles. The van der Waals surface area contributed by atoms with Gasteiger partial charge in [-0.15, -0.1) is 5.10 Å². The highest BCUT2D eigenvalue weighted by molar-refractivity contribution is 5.94. The first-order valence-corrected chi connectivity index (χ1v) is 8.90. The van der Waals surface area contributed by atoms with Crippen LogP contribution in [-0.4, -0.2) is 58.6 Å². The van der Waals surface area contributed by atoms with E-state index in [9.17, 15) is 4.79 Å². The third kappa shape index (κ3) is 3.10. The van der Waals surface area contributed by atoms with E-state index in [4.69, 9.17) is 9.47 Å². The molecule has 4 rings (SSSR count). The van der Waals surface area contributed by atoms with Crippen molar-refractivity contribution in [3.05, 3.63) is 41.2 Å². The van der Waals surface area contributed by atoms with Gasteiger partial charge in [0.1, 0.15) is 5.82 Å². The second-order valence-electron chi connectivity index (χ2n) is 6.99. The highest BCUT2D eigenvalue weighted by Gasteiger charge is 2.54. The molecule has 1 aliphatic heterocycles. The van der Waals surface area contributed by atoms with Crippen LogP contribution in [0.2, 0.25) is 0 Å². The largest absolute Gasteiger partial charge is 0.384 e. The molecule has 1 amide bonds. The number of rotatable bonds is 6. The summed E-state index contributed by atoms with van der Waals surface area (Å²) < 4.78 is 12.8. The zero-order valence-electron chi connectivity index (χ0n) is 15.0. The molecule has 0 spiro atoms. The van der Waals surface area contributed by atoms with Gasteiger partial charge in [-0.05, 0) is 41.5 Å². The van der Waals surface area contributed by atoms with Crippen LogP contribution in [0.25, 0.3) is 0 Å². The molecular weight excluding hydrogens is 334 g/mol. The van der Waals surface area contributed by atoms with Gasteiger partial charge in [-0.2, -0.15) is 0 Å². The topological polar surface area (TPSA) is 91.2 Å². The number of carbonyl (C=O) groups is 1. The lowest BCUT2D eigenvalue weighted by molar-refractivity contribution is -0.0809. The van der Waals surface area contributed by atoms with Crippen LogP contribution in [0.3, 0.4) is 0 Å². The van der Waals surface area contributed by atoms with Crippen molar-refractivity contribution < 1.29 is 14.3 Å². The Hall–Kier alpha value is -2.32. The number of benzene rings is 1. The number of nitrogens with zero attached hydrogens (tertiary/aromatic N) is 4. The maximum atomic E-state index is 12.6. The summed E-state index contributed by atoms with van der Waals surface area (Å²) in [5.74, 6) is 1.35. The number of aromatic nitrogens is 4. The second-order valence-corrected chi connectivity index (χ2v) is 6.99. The van der Waals surface area contributed by atoms with Crippen LogP contribution in [0.4, 0.5) is 0 Å². The number of hydrogen-bond donors (Lipinski definition) is 1. The zero-order valence-corrected chi connectivity index (χ0v) is 15.0. The van der Waals surface area contributed by atoms with E-state index >= 15 is 0 Å². The molecule has 1 aromatic carbocycles. The molecule has 138 valence electrons. The van der Waals surface area contributed by atoms with Gasteiger partial charge in [0.05, 0.1) is 19.3 Å². The van der Waals surface area contributed by atoms with Crippen LogP contribution in [0, 0.1) is 18.8 Å². The van der Waals surface area contributed by atoms with Crippen molar-refractivity contribution >= 4 is 5.91 Å². The number of hydrogen-bond acceptors (Lipinski definition) is 6. The van der Waals surface area contributed by atoms with Gasteiger partial charge < -0.3 is 14.8 Å². The normalized spacial score (nSPS) is 27.0. The molecule has 1 aromatic heterocycles. The van der Waals surface area contributed by atoms with Crippen molar-refractivity contribution in [2.45, 2.75) is 32.0 Å². The Labute approximate surface area is 151 Å². The van der Waals surface area contributed by atoms with Crippen molar-refractivity contribution in [3.63, 3.8) is 0 Å². The molecule has 0 radical (unpaired) electrons. The van der Waals surface area contributed by atoms with E-state index in [-0.39, 0.29) is 24.0 Å². The Morgan fingerprint density at radius 1 is 1.38 bits per heavy atom. The predicted molar refractivity (Wildman–Crippen MR) is 92.6 cm³/mol. The molecule has 1 saturated carbocycles. The Morgan fingerprint density at radius 3 is 2.88 bits per heavy atom. The first kappa shape index (κ1) is 17.1. The maximum absolute atomic E-state index is 12.6. The summed E-state index contributed by atoms with van der Waals surface area (Å²) in [6, 6.07) is 7.68. The molecule has 2 aromatic rings. The lowest BCUT2D eigenvalue weighted by atomic mass is 9.67. The monoisotopic (exact) mass is 357 g/mol. The molecular formula is C18H23N5O3. The van der Waals surface area contributed by atoms with E-state index in [1.54, 1.807) is 11.8 Å². The minimum Gasteiger partial charge on any atom is -0.384 e. The van der Waals surface area contributed by atoms with Gasteiger partial charge in [0.2, 0.25) is 0 Å². The minimum absolute atomic E-state index is 0.0494. The molecule has 0 bridgehead atoms. The number of nitrogens with one attached hydrogen (secondary N) is 1. The molecule has 1 N–H and O–H groups in total. The Kier molecular flexibility index (Phi) is 4.69. The van der Waals surface area contributed by atoms with E-state index in [1.165, 1.54) is 0 Å². The lowest BCUT2D eigenvalue weighted by Crippen LogP contribution is -2.62. The summed E-state index contributed by atoms with van der Waals surface area (Å²) in [6.07, 6.45) is 1.22. The van der Waals surface area contributed by atoms with Crippen molar-refractivity contribution in [2.75, 3.05) is 20.3 Å². The van der Waals surface area contributed by atoms with Crippen LogP contribution < -0.4 is 5.32 Å². The number of aryl methyl sites for hydroxylation is 1. The maximum Gasteiger partial charge on any atom is 0.251 e. The number of tetrazole rings is 1. The minimum atomic E-state index is -0.0494. The first-order chi connectivity index (χ1) is 12.7. The fourth-order valence-electron chi connectivity index (χ4n) is 4.00. The number of methoxy groups -OCH3 is 1. The number of ether oxygens (including phenoxy) is 2. The third-order valence-electron chi connectivity index (χ3n) is 5.44. The average molecular weight is 357 g/mol. The molecule has 2 fully saturated rings. The fraction of sp³-hybridized carbons (Fsp3) is 0.556. The Morgan fingerprint density at radius 2 is 2.19 bits per heavy atom.